The SMILES string of the molecule is COc1ccc2nc(S[C@@H]3C[C@@H](C)OC3=O)[nH]c2c1. The number of hydrogen-bond donors (Lipinski definition) is 1. The van der Waals surface area contributed by atoms with E-state index in [2.05, 4.69) is 9.97 Å². The van der Waals surface area contributed by atoms with Crippen LogP contribution in [-0.2, 0) is 9.53 Å². The van der Waals surface area contributed by atoms with E-state index in [0.717, 1.165) is 28.4 Å². The molecule has 3 rings (SSSR count). The normalized spacial score (nSPS) is 22.7. The smallest absolute Gasteiger partial charge is 0.319 e. The minimum Gasteiger partial charge on any atom is -0.497 e. The third-order valence-electron chi connectivity index (χ3n) is 3.05. The topological polar surface area (TPSA) is 64.2 Å². The fraction of sp³-hybridized carbons (Fsp3) is 0.385. The number of ether oxygens (including phenoxy) is 2. The number of esters is 1. The number of H-pyrrole nitrogens is 1. The maximum absolute atomic E-state index is 11.6. The van der Waals surface area contributed by atoms with Crippen molar-refractivity contribution in [1.29, 1.82) is 0 Å². The predicted molar refractivity (Wildman–Crippen MR) is 72.5 cm³/mol. The number of benzene rings is 1. The fourth-order valence-corrected chi connectivity index (χ4v) is 3.21. The summed E-state index contributed by atoms with van der Waals surface area (Å²) in [7, 11) is 1.63. The first-order valence-electron chi connectivity index (χ1n) is 6.06. The number of cyclic esters (lactones) is 1. The molecule has 0 aliphatic carbocycles. The zero-order valence-electron chi connectivity index (χ0n) is 10.7. The fourth-order valence-electron chi connectivity index (χ4n) is 2.10. The van der Waals surface area contributed by atoms with Crippen LogP contribution < -0.4 is 4.74 Å². The van der Waals surface area contributed by atoms with E-state index in [9.17, 15) is 4.79 Å². The van der Waals surface area contributed by atoms with Crippen LogP contribution in [0.3, 0.4) is 0 Å². The molecule has 1 aliphatic heterocycles. The minimum atomic E-state index is -0.169. The molecular formula is C13H14N2O3S. The van der Waals surface area contributed by atoms with Crippen molar-refractivity contribution < 1.29 is 14.3 Å². The number of carbonyl (C=O) groups is 1. The van der Waals surface area contributed by atoms with Gasteiger partial charge >= 0.3 is 5.97 Å². The predicted octanol–water partition coefficient (Wildman–Crippen LogP) is 2.37. The maximum atomic E-state index is 11.6. The number of carbonyl (C=O) groups excluding carboxylic acids is 1. The van der Waals surface area contributed by atoms with Gasteiger partial charge in [0, 0.05) is 12.5 Å². The summed E-state index contributed by atoms with van der Waals surface area (Å²) in [5, 5.41) is 0.566. The number of rotatable bonds is 3. The average molecular weight is 278 g/mol. The van der Waals surface area contributed by atoms with Gasteiger partial charge in [0.2, 0.25) is 0 Å². The van der Waals surface area contributed by atoms with Gasteiger partial charge in [0.25, 0.3) is 0 Å². The number of nitrogens with zero attached hydrogens (tertiary/aromatic N) is 1. The molecule has 6 heteroatoms. The number of aromatic nitrogens is 2. The summed E-state index contributed by atoms with van der Waals surface area (Å²) in [4.78, 5) is 19.3. The van der Waals surface area contributed by atoms with Gasteiger partial charge in [0.05, 0.1) is 18.1 Å². The van der Waals surface area contributed by atoms with Gasteiger partial charge in [-0.1, -0.05) is 11.8 Å². The summed E-state index contributed by atoms with van der Waals surface area (Å²) in [5.74, 6) is 0.622. The van der Waals surface area contributed by atoms with Crippen LogP contribution in [0.25, 0.3) is 11.0 Å². The highest BCUT2D eigenvalue weighted by Crippen LogP contribution is 2.32. The van der Waals surface area contributed by atoms with Crippen LogP contribution in [0, 0.1) is 0 Å². The standard InChI is InChI=1S/C13H14N2O3S/c1-7-5-11(12(16)18-7)19-13-14-9-4-3-8(17-2)6-10(9)15-13/h3-4,6-7,11H,5H2,1-2H3,(H,14,15)/t7-,11-/m1/s1. The minimum absolute atomic E-state index is 0.00512. The van der Waals surface area contributed by atoms with Crippen LogP contribution in [0.15, 0.2) is 23.4 Å². The van der Waals surface area contributed by atoms with E-state index >= 15 is 0 Å². The number of thioether (sulfide) groups is 1. The van der Waals surface area contributed by atoms with Crippen molar-refractivity contribution in [1.82, 2.24) is 9.97 Å². The van der Waals surface area contributed by atoms with Gasteiger partial charge in [-0.15, -0.1) is 0 Å². The van der Waals surface area contributed by atoms with E-state index in [-0.39, 0.29) is 17.3 Å². The Hall–Kier alpha value is -1.69. The van der Waals surface area contributed by atoms with Crippen LogP contribution in [0.1, 0.15) is 13.3 Å². The molecule has 1 fully saturated rings. The molecule has 1 aromatic heterocycles. The largest absolute Gasteiger partial charge is 0.497 e. The first kappa shape index (κ1) is 12.3. The van der Waals surface area contributed by atoms with Gasteiger partial charge in [-0.05, 0) is 19.1 Å². The third kappa shape index (κ3) is 2.40. The Balaban J connectivity index is 1.83. The van der Waals surface area contributed by atoms with Crippen LogP contribution in [-0.4, -0.2) is 34.4 Å². The second kappa shape index (κ2) is 4.77. The zero-order valence-corrected chi connectivity index (χ0v) is 11.5. The Morgan fingerprint density at radius 3 is 3.05 bits per heavy atom. The van der Waals surface area contributed by atoms with Crippen molar-refractivity contribution in [3.63, 3.8) is 0 Å². The highest BCUT2D eigenvalue weighted by atomic mass is 32.2. The summed E-state index contributed by atoms with van der Waals surface area (Å²) in [5.41, 5.74) is 1.77. The molecule has 100 valence electrons. The molecule has 1 saturated heterocycles. The van der Waals surface area contributed by atoms with Crippen molar-refractivity contribution in [3.05, 3.63) is 18.2 Å². The lowest BCUT2D eigenvalue weighted by molar-refractivity contribution is -0.140. The Bertz CT molecular complexity index is 625. The van der Waals surface area contributed by atoms with Crippen LogP contribution in [0.2, 0.25) is 0 Å². The first-order valence-corrected chi connectivity index (χ1v) is 6.94. The molecule has 1 N–H and O–H groups in total. The van der Waals surface area contributed by atoms with Gasteiger partial charge in [-0.25, -0.2) is 4.98 Å². The summed E-state index contributed by atoms with van der Waals surface area (Å²) >= 11 is 1.42. The number of methoxy groups -OCH3 is 1. The second-order valence-corrected chi connectivity index (χ2v) is 5.71. The lowest BCUT2D eigenvalue weighted by Crippen LogP contribution is -2.09. The third-order valence-corrected chi connectivity index (χ3v) is 4.13. The van der Waals surface area contributed by atoms with Gasteiger partial charge in [-0.3, -0.25) is 4.79 Å². The molecule has 5 nitrogen and oxygen atoms in total. The summed E-state index contributed by atoms with van der Waals surface area (Å²) < 4.78 is 10.3. The number of fused-ring (bicyclic) bond motifs is 1. The molecule has 2 atom stereocenters. The molecule has 1 aliphatic rings. The Morgan fingerprint density at radius 1 is 1.53 bits per heavy atom. The van der Waals surface area contributed by atoms with Gasteiger partial charge in [-0.2, -0.15) is 0 Å². The van der Waals surface area contributed by atoms with Gasteiger partial charge in [0.1, 0.15) is 17.1 Å². The summed E-state index contributed by atoms with van der Waals surface area (Å²) in [6, 6.07) is 5.65. The molecule has 0 bridgehead atoms. The Labute approximate surface area is 114 Å². The summed E-state index contributed by atoms with van der Waals surface area (Å²) in [6.07, 6.45) is 0.721. The van der Waals surface area contributed by atoms with Crippen molar-refractivity contribution in [2.45, 2.75) is 29.9 Å². The average Bonchev–Trinajstić information content (AvgIpc) is 2.91. The zero-order chi connectivity index (χ0) is 13.4. The van der Waals surface area contributed by atoms with E-state index in [1.165, 1.54) is 11.8 Å². The molecule has 0 saturated carbocycles. The highest BCUT2D eigenvalue weighted by Gasteiger charge is 2.33. The molecule has 0 radical (unpaired) electrons. The number of imidazole rings is 1. The summed E-state index contributed by atoms with van der Waals surface area (Å²) in [6.45, 7) is 1.90. The molecule has 0 spiro atoms. The van der Waals surface area contributed by atoms with E-state index in [0.29, 0.717) is 0 Å². The molecule has 0 unspecified atom stereocenters. The van der Waals surface area contributed by atoms with Gasteiger partial charge < -0.3 is 14.5 Å². The number of aromatic amines is 1. The Kier molecular flexibility index (Phi) is 3.10. The molecule has 0 amide bonds. The number of hydrogen-bond acceptors (Lipinski definition) is 5. The van der Waals surface area contributed by atoms with Crippen molar-refractivity contribution in [3.8, 4) is 5.75 Å². The monoisotopic (exact) mass is 278 g/mol. The van der Waals surface area contributed by atoms with Crippen LogP contribution in [0.5, 0.6) is 5.75 Å². The molecule has 2 aromatic rings. The second-order valence-electron chi connectivity index (χ2n) is 4.51. The van der Waals surface area contributed by atoms with E-state index in [1.807, 2.05) is 25.1 Å². The lowest BCUT2D eigenvalue weighted by Gasteiger charge is -2.00. The Morgan fingerprint density at radius 2 is 2.37 bits per heavy atom. The van der Waals surface area contributed by atoms with E-state index in [4.69, 9.17) is 9.47 Å². The lowest BCUT2D eigenvalue weighted by atomic mass is 10.3. The maximum Gasteiger partial charge on any atom is 0.319 e. The first-order chi connectivity index (χ1) is 9.15. The van der Waals surface area contributed by atoms with Crippen LogP contribution >= 0.6 is 11.8 Å². The van der Waals surface area contributed by atoms with Crippen LogP contribution in [0.4, 0.5) is 0 Å². The molecule has 2 heterocycles. The molecular weight excluding hydrogens is 264 g/mol. The van der Waals surface area contributed by atoms with Gasteiger partial charge in [0.15, 0.2) is 5.16 Å². The highest BCUT2D eigenvalue weighted by molar-refractivity contribution is 8.00. The number of nitrogens with one attached hydrogen (secondary N) is 1. The van der Waals surface area contributed by atoms with Crippen molar-refractivity contribution >= 4 is 28.8 Å². The van der Waals surface area contributed by atoms with Crippen molar-refractivity contribution in [2.75, 3.05) is 7.11 Å². The quantitative estimate of drug-likeness (QED) is 0.873. The molecule has 19 heavy (non-hydrogen) atoms. The van der Waals surface area contributed by atoms with Crippen molar-refractivity contribution in [2.24, 2.45) is 0 Å². The van der Waals surface area contributed by atoms with E-state index < -0.39 is 0 Å². The van der Waals surface area contributed by atoms with E-state index in [1.54, 1.807) is 7.11 Å². The molecule has 1 aromatic carbocycles.